The summed E-state index contributed by atoms with van der Waals surface area (Å²) in [5.74, 6) is -2.89. The van der Waals surface area contributed by atoms with Gasteiger partial charge >= 0.3 is 5.97 Å². The molecule has 0 heterocycles. The third kappa shape index (κ3) is 3.94. The number of carboxylic acids is 1. The second kappa shape index (κ2) is 5.79. The van der Waals surface area contributed by atoms with Crippen LogP contribution in [0, 0.1) is 11.6 Å². The van der Waals surface area contributed by atoms with E-state index in [0.717, 1.165) is 12.1 Å². The average Bonchev–Trinajstić information content (AvgIpc) is 2.15. The minimum Gasteiger partial charge on any atom is -0.520 e. The van der Waals surface area contributed by atoms with E-state index in [-0.39, 0.29) is 12.0 Å². The SMILES string of the molecule is O=[C-]NC(Cc1cc(F)cc(F)c1)C(=O)O.[Fm]. The Balaban J connectivity index is 0.00000256. The molecule has 1 atom stereocenters. The molecular formula is C10H8F2FmNO3-. The van der Waals surface area contributed by atoms with Crippen LogP contribution in [0.4, 0.5) is 8.78 Å². The average molecular weight is 485 g/mol. The Morgan fingerprint density at radius 3 is 2.29 bits per heavy atom. The van der Waals surface area contributed by atoms with Gasteiger partial charge in [0.15, 0.2) is 0 Å². The summed E-state index contributed by atoms with van der Waals surface area (Å²) in [5, 5.41) is 10.6. The van der Waals surface area contributed by atoms with Crippen LogP contribution < -0.4 is 5.32 Å². The monoisotopic (exact) mass is 485 g/mol. The van der Waals surface area contributed by atoms with Crippen molar-refractivity contribution in [2.75, 3.05) is 0 Å². The predicted molar refractivity (Wildman–Crippen MR) is 50.3 cm³/mol. The first kappa shape index (κ1) is 14.0. The summed E-state index contributed by atoms with van der Waals surface area (Å²) >= 11 is 0. The number of hydrogen-bond donors (Lipinski definition) is 2. The topological polar surface area (TPSA) is 66.4 Å². The third-order valence-electron chi connectivity index (χ3n) is 1.89. The van der Waals surface area contributed by atoms with Gasteiger partial charge in [0.25, 0.3) is 0 Å². The molecule has 0 aliphatic heterocycles. The summed E-state index contributed by atoms with van der Waals surface area (Å²) in [6, 6.07) is 1.44. The molecule has 0 spiro atoms. The van der Waals surface area contributed by atoms with Gasteiger partial charge in [-0.3, -0.25) is 4.79 Å². The van der Waals surface area contributed by atoms with Crippen molar-refractivity contribution in [3.63, 3.8) is 0 Å². The zero-order chi connectivity index (χ0) is 12.1. The van der Waals surface area contributed by atoms with Gasteiger partial charge in [0, 0.05) is 12.5 Å². The molecule has 0 radical (unpaired) electrons. The van der Waals surface area contributed by atoms with Crippen LogP contribution in [0.15, 0.2) is 18.2 Å². The number of halogens is 2. The number of nitrogens with one attached hydrogen (secondary N) is 1. The molecule has 1 aromatic carbocycles. The summed E-state index contributed by atoms with van der Waals surface area (Å²) in [5.41, 5.74) is 0.146. The molecule has 17 heavy (non-hydrogen) atoms. The Hall–Kier alpha value is -2.98. The predicted octanol–water partition coefficient (Wildman–Crippen LogP) is 0.617. The molecule has 0 aliphatic carbocycles. The molecule has 0 aliphatic rings. The van der Waals surface area contributed by atoms with Gasteiger partial charge in [0.05, 0.1) is 0 Å². The number of benzene rings is 1. The van der Waals surface area contributed by atoms with Crippen molar-refractivity contribution in [2.24, 2.45) is 0 Å². The summed E-state index contributed by atoms with van der Waals surface area (Å²) in [6.07, 6.45) is 1.02. The van der Waals surface area contributed by atoms with Crippen LogP contribution in [0.2, 0.25) is 0 Å². The molecule has 1 aromatic rings. The van der Waals surface area contributed by atoms with Gasteiger partial charge in [-0.05, 0) is 17.7 Å². The molecule has 0 fully saturated rings. The van der Waals surface area contributed by atoms with Crippen molar-refractivity contribution >= 4 is 12.4 Å². The summed E-state index contributed by atoms with van der Waals surface area (Å²) in [4.78, 5) is 20.6. The fourth-order valence-corrected chi connectivity index (χ4v) is 1.24. The number of amides is 1. The summed E-state index contributed by atoms with van der Waals surface area (Å²) in [6.45, 7) is 0. The minimum absolute atomic E-state index is 0. The Morgan fingerprint density at radius 2 is 1.88 bits per heavy atom. The van der Waals surface area contributed by atoms with Gasteiger partial charge in [-0.2, -0.15) is 6.41 Å². The summed E-state index contributed by atoms with van der Waals surface area (Å²) in [7, 11) is 0. The van der Waals surface area contributed by atoms with Gasteiger partial charge in [0.2, 0.25) is 0 Å². The van der Waals surface area contributed by atoms with Gasteiger partial charge in [0.1, 0.15) is 17.7 Å². The number of carboxylic acid groups (broad SMARTS) is 1. The van der Waals surface area contributed by atoms with Gasteiger partial charge in [-0.15, -0.1) is 0 Å². The normalized spacial score (nSPS) is 11.2. The van der Waals surface area contributed by atoms with E-state index in [2.05, 4.69) is 0 Å². The number of hydrogen-bond acceptors (Lipinski definition) is 2. The van der Waals surface area contributed by atoms with Gasteiger partial charge in [-0.1, -0.05) is 0 Å². The van der Waals surface area contributed by atoms with E-state index >= 15 is 0 Å². The minimum atomic E-state index is -1.30. The molecule has 2 N–H and O–H groups in total. The fourth-order valence-electron chi connectivity index (χ4n) is 1.24. The molecule has 1 unspecified atom stereocenters. The Kier molecular flexibility index (Phi) is 4.78. The van der Waals surface area contributed by atoms with E-state index < -0.39 is 23.6 Å². The van der Waals surface area contributed by atoms with Gasteiger partial charge < -0.3 is 15.2 Å². The fraction of sp³-hybridized carbons (Fsp3) is 0.200. The van der Waals surface area contributed by atoms with E-state index in [0.29, 0.717) is 6.07 Å². The molecular weight excluding hydrogens is 477 g/mol. The molecule has 0 saturated carbocycles. The van der Waals surface area contributed by atoms with Crippen LogP contribution >= 0.6 is 0 Å². The van der Waals surface area contributed by atoms with Crippen molar-refractivity contribution < 1.29 is 23.5 Å². The van der Waals surface area contributed by atoms with E-state index in [1.807, 2.05) is 5.32 Å². The Morgan fingerprint density at radius 1 is 1.35 bits per heavy atom. The van der Waals surface area contributed by atoms with Crippen LogP contribution in [0.1, 0.15) is 5.56 Å². The van der Waals surface area contributed by atoms with Crippen molar-refractivity contribution in [1.29, 1.82) is 0 Å². The van der Waals surface area contributed by atoms with Crippen LogP contribution in [0.25, 0.3) is 0 Å². The maximum absolute atomic E-state index is 12.8. The van der Waals surface area contributed by atoms with Crippen molar-refractivity contribution in [2.45, 2.75) is 12.5 Å². The van der Waals surface area contributed by atoms with Crippen LogP contribution in [0.5, 0.6) is 0 Å². The second-order valence-corrected chi connectivity index (χ2v) is 3.12. The molecule has 0 bridgehead atoms. The quantitative estimate of drug-likeness (QED) is 0.475. The van der Waals surface area contributed by atoms with E-state index in [4.69, 9.17) is 5.11 Å². The van der Waals surface area contributed by atoms with E-state index in [1.165, 1.54) is 6.41 Å². The van der Waals surface area contributed by atoms with Crippen LogP contribution in [-0.4, -0.2) is 23.5 Å². The first-order valence-corrected chi connectivity index (χ1v) is 4.33. The Bertz CT molecular complexity index is 394. The number of carbonyl (C=O) groups is 1. The van der Waals surface area contributed by atoms with Crippen LogP contribution in [0.3, 0.4) is 0 Å². The molecule has 1 rings (SSSR count). The first-order valence-electron chi connectivity index (χ1n) is 4.33. The smallest absolute Gasteiger partial charge is 0.323 e. The molecule has 0 aromatic heterocycles. The summed E-state index contributed by atoms with van der Waals surface area (Å²) < 4.78 is 25.6. The van der Waals surface area contributed by atoms with Crippen LogP contribution in [-0.2, 0) is 16.0 Å². The molecule has 7 heteroatoms. The van der Waals surface area contributed by atoms with Crippen molar-refractivity contribution in [3.05, 3.63) is 35.4 Å². The third-order valence-corrected chi connectivity index (χ3v) is 1.89. The van der Waals surface area contributed by atoms with Crippen molar-refractivity contribution in [1.82, 2.24) is 5.32 Å². The first-order chi connectivity index (χ1) is 7.52. The maximum Gasteiger partial charge on any atom is 0.323 e. The number of carbonyl (C=O) groups excluding carboxylic acids is 1. The Labute approximate surface area is 89.9 Å². The van der Waals surface area contributed by atoms with Gasteiger partial charge in [-0.25, -0.2) is 8.78 Å². The zero-order valence-corrected chi connectivity index (χ0v) is 10.7. The number of rotatable bonds is 5. The second-order valence-electron chi connectivity index (χ2n) is 3.12. The van der Waals surface area contributed by atoms with E-state index in [9.17, 15) is 18.4 Å². The molecule has 4 nitrogen and oxygen atoms in total. The molecule has 1 amide bonds. The zero-order valence-electron chi connectivity index (χ0n) is 8.32. The van der Waals surface area contributed by atoms with E-state index in [1.54, 1.807) is 0 Å². The maximum atomic E-state index is 12.8. The molecule has 0 saturated heterocycles. The standard InChI is InChI=1S/C10H8F2NO3.Fm/c11-7-1-6(2-8(12)4-7)3-9(10(15)16)13-5-14;/h1-2,4,9H,3H2,(H,13,14)(H,15,16);/q-1;. The largest absolute Gasteiger partial charge is 0.520 e. The van der Waals surface area contributed by atoms with Crippen molar-refractivity contribution in [3.8, 4) is 0 Å². The number of aliphatic carboxylic acids is 1. The molecule has 98 valence electrons.